The first kappa shape index (κ1) is 17.7. The molecule has 0 aromatic carbocycles. The van der Waals surface area contributed by atoms with Gasteiger partial charge in [0, 0.05) is 31.5 Å². The summed E-state index contributed by atoms with van der Waals surface area (Å²) in [6.45, 7) is 13.1. The Hall–Kier alpha value is -0.610. The summed E-state index contributed by atoms with van der Waals surface area (Å²) in [5, 5.41) is 0. The highest BCUT2D eigenvalue weighted by atomic mass is 16.5. The van der Waals surface area contributed by atoms with Gasteiger partial charge in [-0.3, -0.25) is 4.79 Å². The fraction of sp³-hybridized carbons (Fsp3) is 0.944. The highest BCUT2D eigenvalue weighted by Crippen LogP contribution is 2.51. The van der Waals surface area contributed by atoms with Crippen LogP contribution in [0.5, 0.6) is 0 Å². The maximum atomic E-state index is 13.1. The summed E-state index contributed by atoms with van der Waals surface area (Å²) in [5.74, 6) is 0.135. The van der Waals surface area contributed by atoms with Gasteiger partial charge in [-0.15, -0.1) is 0 Å². The van der Waals surface area contributed by atoms with E-state index in [9.17, 15) is 4.79 Å². The van der Waals surface area contributed by atoms with Gasteiger partial charge < -0.3 is 15.4 Å². The van der Waals surface area contributed by atoms with E-state index in [4.69, 9.17) is 10.5 Å². The quantitative estimate of drug-likeness (QED) is 0.849. The molecule has 0 aromatic heterocycles. The number of hydrogen-bond donors (Lipinski definition) is 1. The minimum Gasteiger partial charge on any atom is -0.378 e. The van der Waals surface area contributed by atoms with Gasteiger partial charge in [0.15, 0.2) is 0 Å². The van der Waals surface area contributed by atoms with Crippen LogP contribution in [-0.2, 0) is 9.53 Å². The van der Waals surface area contributed by atoms with Crippen LogP contribution in [0.3, 0.4) is 0 Å². The van der Waals surface area contributed by atoms with E-state index in [-0.39, 0.29) is 22.8 Å². The van der Waals surface area contributed by atoms with E-state index >= 15 is 0 Å². The second kappa shape index (κ2) is 6.12. The molecule has 0 aromatic rings. The lowest BCUT2D eigenvalue weighted by molar-refractivity contribution is -0.181. The Morgan fingerprint density at radius 1 is 1.32 bits per heavy atom. The fourth-order valence-electron chi connectivity index (χ4n) is 4.38. The van der Waals surface area contributed by atoms with Gasteiger partial charge in [-0.2, -0.15) is 0 Å². The first-order valence-electron chi connectivity index (χ1n) is 8.90. The Balaban J connectivity index is 2.08. The average Bonchev–Trinajstić information content (AvgIpc) is 2.46. The van der Waals surface area contributed by atoms with Crippen molar-refractivity contribution in [1.82, 2.24) is 4.90 Å². The van der Waals surface area contributed by atoms with Crippen LogP contribution >= 0.6 is 0 Å². The summed E-state index contributed by atoms with van der Waals surface area (Å²) in [6, 6.07) is 0. The van der Waals surface area contributed by atoms with Gasteiger partial charge in [0.2, 0.25) is 5.91 Å². The molecular weight excluding hydrogens is 276 g/mol. The molecule has 1 saturated carbocycles. The third-order valence-electron chi connectivity index (χ3n) is 6.13. The van der Waals surface area contributed by atoms with E-state index in [0.29, 0.717) is 13.0 Å². The van der Waals surface area contributed by atoms with Crippen LogP contribution in [-0.4, -0.2) is 42.1 Å². The molecule has 2 fully saturated rings. The van der Waals surface area contributed by atoms with Gasteiger partial charge in [0.05, 0.1) is 6.10 Å². The molecule has 1 aliphatic carbocycles. The Bertz CT molecular complexity index is 419. The SMILES string of the molecule is CCCC1(C)CCCN(C(=O)C2(N)CC(OCC)C2(C)C)C1. The normalized spacial score (nSPS) is 37.7. The van der Waals surface area contributed by atoms with E-state index in [0.717, 1.165) is 19.5 Å². The molecule has 1 heterocycles. The third-order valence-corrected chi connectivity index (χ3v) is 6.13. The van der Waals surface area contributed by atoms with Crippen molar-refractivity contribution in [1.29, 1.82) is 0 Å². The molecule has 128 valence electrons. The molecule has 0 bridgehead atoms. The van der Waals surface area contributed by atoms with Crippen LogP contribution in [0.15, 0.2) is 0 Å². The number of nitrogens with two attached hydrogens (primary N) is 1. The van der Waals surface area contributed by atoms with Crippen molar-refractivity contribution < 1.29 is 9.53 Å². The van der Waals surface area contributed by atoms with Gasteiger partial charge in [-0.25, -0.2) is 0 Å². The summed E-state index contributed by atoms with van der Waals surface area (Å²) in [6.07, 6.45) is 5.40. The molecule has 1 saturated heterocycles. The second-order valence-corrected chi connectivity index (χ2v) is 8.23. The van der Waals surface area contributed by atoms with Gasteiger partial charge in [-0.05, 0) is 31.6 Å². The lowest BCUT2D eigenvalue weighted by atomic mass is 9.54. The molecule has 0 radical (unpaired) electrons. The summed E-state index contributed by atoms with van der Waals surface area (Å²) in [5.41, 5.74) is 5.76. The van der Waals surface area contributed by atoms with Gasteiger partial charge in [0.1, 0.15) is 5.54 Å². The maximum Gasteiger partial charge on any atom is 0.243 e. The minimum atomic E-state index is -0.767. The molecule has 4 nitrogen and oxygen atoms in total. The van der Waals surface area contributed by atoms with Crippen LogP contribution in [0.25, 0.3) is 0 Å². The zero-order chi connectivity index (χ0) is 16.6. The summed E-state index contributed by atoms with van der Waals surface area (Å²) >= 11 is 0. The highest BCUT2D eigenvalue weighted by molar-refractivity contribution is 5.89. The van der Waals surface area contributed by atoms with E-state index < -0.39 is 5.54 Å². The molecular formula is C18H34N2O2. The molecule has 0 spiro atoms. The lowest BCUT2D eigenvalue weighted by Crippen LogP contribution is -2.76. The number of rotatable bonds is 5. The van der Waals surface area contributed by atoms with Crippen molar-refractivity contribution in [2.75, 3.05) is 19.7 Å². The smallest absolute Gasteiger partial charge is 0.243 e. The van der Waals surface area contributed by atoms with E-state index in [1.807, 2.05) is 11.8 Å². The van der Waals surface area contributed by atoms with Crippen molar-refractivity contribution in [2.24, 2.45) is 16.6 Å². The predicted octanol–water partition coefficient (Wildman–Crippen LogP) is 2.95. The second-order valence-electron chi connectivity index (χ2n) is 8.23. The fourth-order valence-corrected chi connectivity index (χ4v) is 4.38. The molecule has 2 aliphatic rings. The number of amides is 1. The van der Waals surface area contributed by atoms with E-state index in [2.05, 4.69) is 27.7 Å². The van der Waals surface area contributed by atoms with Crippen molar-refractivity contribution in [3.05, 3.63) is 0 Å². The summed E-state index contributed by atoms with van der Waals surface area (Å²) < 4.78 is 5.75. The third kappa shape index (κ3) is 2.80. The maximum absolute atomic E-state index is 13.1. The average molecular weight is 310 g/mol. The van der Waals surface area contributed by atoms with Crippen LogP contribution in [0.1, 0.15) is 66.7 Å². The van der Waals surface area contributed by atoms with E-state index in [1.165, 1.54) is 19.3 Å². The summed E-state index contributed by atoms with van der Waals surface area (Å²) in [7, 11) is 0. The van der Waals surface area contributed by atoms with Crippen molar-refractivity contribution in [3.8, 4) is 0 Å². The van der Waals surface area contributed by atoms with Gasteiger partial charge in [-0.1, -0.05) is 34.1 Å². The van der Waals surface area contributed by atoms with Crippen LogP contribution in [0, 0.1) is 10.8 Å². The number of hydrogen-bond acceptors (Lipinski definition) is 3. The van der Waals surface area contributed by atoms with E-state index in [1.54, 1.807) is 0 Å². The van der Waals surface area contributed by atoms with Gasteiger partial charge >= 0.3 is 0 Å². The zero-order valence-corrected chi connectivity index (χ0v) is 15.1. The van der Waals surface area contributed by atoms with Crippen LogP contribution < -0.4 is 5.73 Å². The molecule has 3 atom stereocenters. The monoisotopic (exact) mass is 310 g/mol. The topological polar surface area (TPSA) is 55.6 Å². The predicted molar refractivity (Wildman–Crippen MR) is 89.6 cm³/mol. The Morgan fingerprint density at radius 3 is 2.55 bits per heavy atom. The van der Waals surface area contributed by atoms with Crippen molar-refractivity contribution in [3.63, 3.8) is 0 Å². The molecule has 3 unspecified atom stereocenters. The lowest BCUT2D eigenvalue weighted by Gasteiger charge is -2.59. The minimum absolute atomic E-state index is 0.0956. The molecule has 1 amide bonds. The summed E-state index contributed by atoms with van der Waals surface area (Å²) in [4.78, 5) is 15.1. The number of nitrogens with zero attached hydrogens (tertiary/aromatic N) is 1. The number of ether oxygens (including phenoxy) is 1. The Kier molecular flexibility index (Phi) is 4.94. The first-order chi connectivity index (χ1) is 10.2. The van der Waals surface area contributed by atoms with Crippen LogP contribution in [0.2, 0.25) is 0 Å². The van der Waals surface area contributed by atoms with Crippen molar-refractivity contribution >= 4 is 5.91 Å². The largest absolute Gasteiger partial charge is 0.378 e. The molecule has 4 heteroatoms. The molecule has 2 rings (SSSR count). The number of carbonyl (C=O) groups is 1. The van der Waals surface area contributed by atoms with Crippen molar-refractivity contribution in [2.45, 2.75) is 78.4 Å². The number of piperidine rings is 1. The number of carbonyl (C=O) groups excluding carboxylic acids is 1. The highest BCUT2D eigenvalue weighted by Gasteiger charge is 2.64. The molecule has 1 aliphatic heterocycles. The zero-order valence-electron chi connectivity index (χ0n) is 15.1. The Labute approximate surface area is 135 Å². The Morgan fingerprint density at radius 2 is 2.00 bits per heavy atom. The van der Waals surface area contributed by atoms with Crippen LogP contribution in [0.4, 0.5) is 0 Å². The number of likely N-dealkylation sites (tertiary alicyclic amines) is 1. The first-order valence-corrected chi connectivity index (χ1v) is 8.90. The van der Waals surface area contributed by atoms with Gasteiger partial charge in [0.25, 0.3) is 0 Å². The molecule has 2 N–H and O–H groups in total. The standard InChI is InChI=1S/C18H34N2O2/c1-6-9-17(5)10-8-11-20(13-17)15(21)18(19)12-14(22-7-2)16(18,3)4/h14H,6-13,19H2,1-5H3. The molecule has 22 heavy (non-hydrogen) atoms.